The minimum absolute atomic E-state index is 0.0604. The van der Waals surface area contributed by atoms with E-state index < -0.39 is 23.0 Å². The number of rotatable bonds is 6. The highest BCUT2D eigenvalue weighted by molar-refractivity contribution is 6.35. The predicted octanol–water partition coefficient (Wildman–Crippen LogP) is 6.47. The summed E-state index contributed by atoms with van der Waals surface area (Å²) >= 11 is 6.12. The number of hydrogen-bond acceptors (Lipinski definition) is 3. The zero-order valence-corrected chi connectivity index (χ0v) is 22.8. The van der Waals surface area contributed by atoms with E-state index in [9.17, 15) is 14.4 Å². The molecule has 202 valence electrons. The number of aromatic nitrogens is 3. The molecule has 3 aromatic carbocycles. The maximum absolute atomic E-state index is 15.5. The van der Waals surface area contributed by atoms with E-state index >= 15 is 4.39 Å². The van der Waals surface area contributed by atoms with Crippen molar-refractivity contribution in [1.29, 1.82) is 0 Å². The third-order valence-corrected chi connectivity index (χ3v) is 7.30. The van der Waals surface area contributed by atoms with Gasteiger partial charge >= 0.3 is 5.69 Å². The summed E-state index contributed by atoms with van der Waals surface area (Å²) in [5.41, 5.74) is 7.92. The van der Waals surface area contributed by atoms with Crippen molar-refractivity contribution in [1.82, 2.24) is 14.5 Å². The van der Waals surface area contributed by atoms with E-state index in [4.69, 9.17) is 17.3 Å². The van der Waals surface area contributed by atoms with E-state index in [2.05, 4.69) is 30.4 Å². The molecule has 0 aliphatic rings. The molecule has 1 amide bonds. The molecule has 0 atom stereocenters. The Morgan fingerprint density at radius 2 is 1.85 bits per heavy atom. The number of hydrogen-bond donors (Lipinski definition) is 3. The standard InChI is InChI=1S/C31H26ClFN4O3/c1-15(2)18-11-12-19-24(13-18)35-28-21(29(34)38)14-23(33)25(26(19)28)16(3)7-5-8-17(4)37-30(39)20-9-6-10-22(32)27(20)36-31(37)40/h5-15,35H,4H2,1-3H3,(H2,34,38)(H,36,40)/b8-5-,16-7+. The van der Waals surface area contributed by atoms with E-state index in [0.29, 0.717) is 22.0 Å². The highest BCUT2D eigenvalue weighted by Gasteiger charge is 2.21. The SMILES string of the molecule is C=C(/C=C\C=C(/C)c1c(F)cc(C(N)=O)c2[nH]c3cc(C(C)C)ccc3c12)n1c(=O)[nH]c2c(Cl)cccc2c1=O. The molecular weight excluding hydrogens is 531 g/mol. The Morgan fingerprint density at radius 3 is 2.55 bits per heavy atom. The Labute approximate surface area is 233 Å². The molecule has 4 N–H and O–H groups in total. The number of amides is 1. The van der Waals surface area contributed by atoms with Crippen molar-refractivity contribution in [2.24, 2.45) is 5.73 Å². The van der Waals surface area contributed by atoms with Gasteiger partial charge < -0.3 is 15.7 Å². The van der Waals surface area contributed by atoms with Gasteiger partial charge in [-0.05, 0) is 54.3 Å². The van der Waals surface area contributed by atoms with E-state index in [1.165, 1.54) is 6.08 Å². The van der Waals surface area contributed by atoms with Crippen molar-refractivity contribution in [3.05, 3.63) is 116 Å². The van der Waals surface area contributed by atoms with E-state index in [0.717, 1.165) is 27.1 Å². The van der Waals surface area contributed by atoms with Gasteiger partial charge in [0.05, 0.1) is 27.0 Å². The second-order valence-corrected chi connectivity index (χ2v) is 10.3. The van der Waals surface area contributed by atoms with Crippen LogP contribution in [0.5, 0.6) is 0 Å². The van der Waals surface area contributed by atoms with Gasteiger partial charge in [0.15, 0.2) is 0 Å². The fourth-order valence-corrected chi connectivity index (χ4v) is 5.16. The summed E-state index contributed by atoms with van der Waals surface area (Å²) in [6, 6.07) is 11.8. The average molecular weight is 557 g/mol. The lowest BCUT2D eigenvalue weighted by Gasteiger charge is -2.10. The lowest BCUT2D eigenvalue weighted by molar-refractivity contribution is 0.100. The van der Waals surface area contributed by atoms with Gasteiger partial charge in [0.25, 0.3) is 11.5 Å². The molecule has 2 aromatic heterocycles. The normalized spacial score (nSPS) is 12.4. The number of carbonyl (C=O) groups excluding carboxylic acids is 1. The monoisotopic (exact) mass is 556 g/mol. The van der Waals surface area contributed by atoms with Gasteiger partial charge in [0.1, 0.15) is 5.82 Å². The van der Waals surface area contributed by atoms with Crippen molar-refractivity contribution in [2.75, 3.05) is 0 Å². The quantitative estimate of drug-likeness (QED) is 0.208. The van der Waals surface area contributed by atoms with Crippen LogP contribution in [0.1, 0.15) is 48.2 Å². The summed E-state index contributed by atoms with van der Waals surface area (Å²) in [5.74, 6) is -1.06. The maximum atomic E-state index is 15.5. The first-order valence-corrected chi connectivity index (χ1v) is 12.9. The number of allylic oxidation sites excluding steroid dienone is 5. The first kappa shape index (κ1) is 26.9. The molecule has 2 heterocycles. The molecule has 5 aromatic rings. The number of nitrogens with two attached hydrogens (primary N) is 1. The molecule has 0 unspecified atom stereocenters. The fraction of sp³-hybridized carbons (Fsp3) is 0.129. The molecule has 7 nitrogen and oxygen atoms in total. The Bertz CT molecular complexity index is 2060. The number of carbonyl (C=O) groups is 1. The van der Waals surface area contributed by atoms with Crippen LogP contribution in [0.25, 0.3) is 44.0 Å². The van der Waals surface area contributed by atoms with Crippen molar-refractivity contribution in [3.63, 3.8) is 0 Å². The molecule has 0 radical (unpaired) electrons. The minimum atomic E-state index is -0.740. The molecule has 9 heteroatoms. The van der Waals surface area contributed by atoms with Gasteiger partial charge in [0, 0.05) is 27.5 Å². The molecule has 0 fully saturated rings. The zero-order valence-electron chi connectivity index (χ0n) is 22.1. The number of nitrogens with zero attached hydrogens (tertiary/aromatic N) is 1. The van der Waals surface area contributed by atoms with Crippen LogP contribution in [-0.2, 0) is 0 Å². The molecular formula is C31H26ClFN4O3. The Hall–Kier alpha value is -4.69. The number of aromatic amines is 2. The van der Waals surface area contributed by atoms with E-state index in [1.54, 1.807) is 37.3 Å². The number of halogens is 2. The van der Waals surface area contributed by atoms with E-state index in [1.807, 2.05) is 18.2 Å². The maximum Gasteiger partial charge on any atom is 0.333 e. The first-order chi connectivity index (χ1) is 19.0. The first-order valence-electron chi connectivity index (χ1n) is 12.6. The lowest BCUT2D eigenvalue weighted by Crippen LogP contribution is -2.33. The molecule has 0 aliphatic heterocycles. The second kappa shape index (κ2) is 10.1. The third-order valence-electron chi connectivity index (χ3n) is 6.98. The summed E-state index contributed by atoms with van der Waals surface area (Å²) < 4.78 is 16.4. The topological polar surface area (TPSA) is 114 Å². The van der Waals surface area contributed by atoms with Crippen molar-refractivity contribution in [2.45, 2.75) is 26.7 Å². The van der Waals surface area contributed by atoms with Crippen molar-refractivity contribution < 1.29 is 9.18 Å². The fourth-order valence-electron chi connectivity index (χ4n) is 4.93. The number of H-pyrrole nitrogens is 2. The number of fused-ring (bicyclic) bond motifs is 4. The van der Waals surface area contributed by atoms with Gasteiger partial charge in [-0.3, -0.25) is 9.59 Å². The van der Waals surface area contributed by atoms with Gasteiger partial charge in [-0.25, -0.2) is 13.8 Å². The summed E-state index contributed by atoms with van der Waals surface area (Å²) in [6.45, 7) is 9.74. The summed E-state index contributed by atoms with van der Waals surface area (Å²) in [6.07, 6.45) is 4.70. The van der Waals surface area contributed by atoms with Gasteiger partial charge in [-0.1, -0.05) is 62.4 Å². The van der Waals surface area contributed by atoms with E-state index in [-0.39, 0.29) is 33.1 Å². The van der Waals surface area contributed by atoms with Crippen LogP contribution in [-0.4, -0.2) is 20.4 Å². The second-order valence-electron chi connectivity index (χ2n) is 9.91. The van der Waals surface area contributed by atoms with Gasteiger partial charge in [-0.2, -0.15) is 0 Å². The van der Waals surface area contributed by atoms with Crippen molar-refractivity contribution >= 4 is 61.5 Å². The Morgan fingerprint density at radius 1 is 1.10 bits per heavy atom. The molecule has 0 bridgehead atoms. The molecule has 5 rings (SSSR count). The zero-order chi connectivity index (χ0) is 28.9. The molecule has 40 heavy (non-hydrogen) atoms. The summed E-state index contributed by atoms with van der Waals surface area (Å²) in [5, 5.41) is 1.80. The molecule has 0 saturated carbocycles. The smallest absolute Gasteiger partial charge is 0.333 e. The van der Waals surface area contributed by atoms with Crippen LogP contribution >= 0.6 is 11.6 Å². The Balaban J connectivity index is 1.61. The summed E-state index contributed by atoms with van der Waals surface area (Å²) in [7, 11) is 0. The van der Waals surface area contributed by atoms with Crippen molar-refractivity contribution in [3.8, 4) is 0 Å². The number of primary amides is 1. The number of nitrogens with one attached hydrogen (secondary N) is 2. The van der Waals surface area contributed by atoms with Crippen LogP contribution in [0.3, 0.4) is 0 Å². The Kier molecular flexibility index (Phi) is 6.81. The number of benzene rings is 3. The summed E-state index contributed by atoms with van der Waals surface area (Å²) in [4.78, 5) is 43.7. The molecule has 0 spiro atoms. The van der Waals surface area contributed by atoms with Crippen LogP contribution < -0.4 is 17.0 Å². The van der Waals surface area contributed by atoms with Crippen LogP contribution in [0.15, 0.2) is 76.9 Å². The van der Waals surface area contributed by atoms with Crippen LogP contribution in [0.2, 0.25) is 5.02 Å². The molecule has 0 saturated heterocycles. The average Bonchev–Trinajstić information content (AvgIpc) is 3.27. The highest BCUT2D eigenvalue weighted by Crippen LogP contribution is 2.37. The lowest BCUT2D eigenvalue weighted by atomic mass is 9.95. The van der Waals surface area contributed by atoms with Gasteiger partial charge in [-0.15, -0.1) is 0 Å². The van der Waals surface area contributed by atoms with Gasteiger partial charge in [0.2, 0.25) is 0 Å². The minimum Gasteiger partial charge on any atom is -0.366 e. The molecule has 0 aliphatic carbocycles. The predicted molar refractivity (Wildman–Crippen MR) is 160 cm³/mol. The number of para-hydroxylation sites is 1. The highest BCUT2D eigenvalue weighted by atomic mass is 35.5. The van der Waals surface area contributed by atoms with Crippen LogP contribution in [0, 0.1) is 5.82 Å². The third kappa shape index (κ3) is 4.46. The largest absolute Gasteiger partial charge is 0.366 e. The van der Waals surface area contributed by atoms with Crippen LogP contribution in [0.4, 0.5) is 4.39 Å².